The normalized spacial score (nSPS) is 24.3. The number of rotatable bonds is 4. The molecule has 1 aliphatic carbocycles. The molecular weight excluding hydrogens is 324 g/mol. The van der Waals surface area contributed by atoms with Crippen molar-refractivity contribution in [2.75, 3.05) is 7.11 Å². The molecular formula is C23H28O3. The van der Waals surface area contributed by atoms with Crippen molar-refractivity contribution < 1.29 is 14.3 Å². The summed E-state index contributed by atoms with van der Waals surface area (Å²) < 4.78 is 10.6. The summed E-state index contributed by atoms with van der Waals surface area (Å²) >= 11 is 0. The van der Waals surface area contributed by atoms with Crippen LogP contribution in [0.2, 0.25) is 0 Å². The maximum absolute atomic E-state index is 11.2. The summed E-state index contributed by atoms with van der Waals surface area (Å²) in [5, 5.41) is 0. The van der Waals surface area contributed by atoms with E-state index in [1.807, 2.05) is 24.3 Å². The van der Waals surface area contributed by atoms with Gasteiger partial charge in [0.1, 0.15) is 11.5 Å². The lowest BCUT2D eigenvalue weighted by atomic mass is 9.67. The van der Waals surface area contributed by atoms with Crippen LogP contribution >= 0.6 is 0 Å². The summed E-state index contributed by atoms with van der Waals surface area (Å²) in [5.41, 5.74) is 2.81. The Morgan fingerprint density at radius 3 is 1.85 bits per heavy atom. The third kappa shape index (κ3) is 3.35. The molecule has 0 amide bonds. The van der Waals surface area contributed by atoms with Gasteiger partial charge in [0, 0.05) is 12.3 Å². The molecule has 2 atom stereocenters. The highest BCUT2D eigenvalue weighted by Gasteiger charge is 2.50. The Labute approximate surface area is 156 Å². The van der Waals surface area contributed by atoms with Gasteiger partial charge >= 0.3 is 5.97 Å². The number of carbonyl (C=O) groups excluding carboxylic acids is 1. The van der Waals surface area contributed by atoms with Crippen molar-refractivity contribution in [2.45, 2.75) is 46.0 Å². The summed E-state index contributed by atoms with van der Waals surface area (Å²) in [5.74, 6) is 1.68. The summed E-state index contributed by atoms with van der Waals surface area (Å²) in [6.07, 6.45) is 2.26. The van der Waals surface area contributed by atoms with E-state index in [2.05, 4.69) is 45.0 Å². The first-order chi connectivity index (χ1) is 12.3. The van der Waals surface area contributed by atoms with Crippen LogP contribution in [0.3, 0.4) is 0 Å². The first kappa shape index (κ1) is 18.5. The minimum Gasteiger partial charge on any atom is -0.497 e. The lowest BCUT2D eigenvalue weighted by Crippen LogP contribution is -2.31. The molecule has 0 radical (unpaired) electrons. The second-order valence-electron chi connectivity index (χ2n) is 8.26. The van der Waals surface area contributed by atoms with Gasteiger partial charge in [-0.15, -0.1) is 0 Å². The molecule has 2 unspecified atom stereocenters. The van der Waals surface area contributed by atoms with Gasteiger partial charge in [-0.2, -0.15) is 0 Å². The lowest BCUT2D eigenvalue weighted by Gasteiger charge is -2.36. The number of methoxy groups -OCH3 is 1. The van der Waals surface area contributed by atoms with E-state index in [4.69, 9.17) is 9.47 Å². The van der Waals surface area contributed by atoms with Crippen LogP contribution in [0.5, 0.6) is 11.5 Å². The van der Waals surface area contributed by atoms with E-state index in [0.717, 1.165) is 12.2 Å². The van der Waals surface area contributed by atoms with Crippen molar-refractivity contribution in [1.82, 2.24) is 0 Å². The van der Waals surface area contributed by atoms with E-state index in [-0.39, 0.29) is 16.8 Å². The highest BCUT2D eigenvalue weighted by Crippen LogP contribution is 2.57. The molecule has 1 aliphatic rings. The van der Waals surface area contributed by atoms with Gasteiger partial charge in [0.15, 0.2) is 0 Å². The number of carbonyl (C=O) groups is 1. The maximum atomic E-state index is 11.2. The Morgan fingerprint density at radius 2 is 1.46 bits per heavy atom. The molecule has 0 aliphatic heterocycles. The Bertz CT molecular complexity index is 774. The first-order valence-electron chi connectivity index (χ1n) is 9.20. The molecule has 0 bridgehead atoms. The highest BCUT2D eigenvalue weighted by molar-refractivity contribution is 5.69. The fraction of sp³-hybridized carbons (Fsp3) is 0.435. The number of ether oxygens (including phenoxy) is 2. The average molecular weight is 352 g/mol. The van der Waals surface area contributed by atoms with E-state index in [1.165, 1.54) is 24.5 Å². The van der Waals surface area contributed by atoms with Gasteiger partial charge in [-0.3, -0.25) is 4.79 Å². The van der Waals surface area contributed by atoms with Crippen molar-refractivity contribution in [2.24, 2.45) is 11.3 Å². The van der Waals surface area contributed by atoms with Crippen LogP contribution in [0.15, 0.2) is 48.5 Å². The van der Waals surface area contributed by atoms with Crippen LogP contribution < -0.4 is 9.47 Å². The quantitative estimate of drug-likeness (QED) is 0.549. The number of hydrogen-bond donors (Lipinski definition) is 0. The minimum atomic E-state index is -0.294. The maximum Gasteiger partial charge on any atom is 0.308 e. The van der Waals surface area contributed by atoms with Crippen LogP contribution in [0.25, 0.3) is 0 Å². The van der Waals surface area contributed by atoms with Crippen molar-refractivity contribution >= 4 is 5.97 Å². The molecule has 1 fully saturated rings. The second-order valence-corrected chi connectivity index (χ2v) is 8.26. The molecule has 2 aromatic carbocycles. The largest absolute Gasteiger partial charge is 0.497 e. The second kappa shape index (κ2) is 6.79. The summed E-state index contributed by atoms with van der Waals surface area (Å²) in [6.45, 7) is 8.47. The van der Waals surface area contributed by atoms with Crippen LogP contribution in [-0.4, -0.2) is 13.1 Å². The smallest absolute Gasteiger partial charge is 0.308 e. The zero-order valence-corrected chi connectivity index (χ0v) is 16.3. The predicted molar refractivity (Wildman–Crippen MR) is 104 cm³/mol. The van der Waals surface area contributed by atoms with Gasteiger partial charge in [-0.05, 0) is 59.6 Å². The minimum absolute atomic E-state index is 0.0511. The molecule has 26 heavy (non-hydrogen) atoms. The van der Waals surface area contributed by atoms with Crippen LogP contribution in [0.4, 0.5) is 0 Å². The Kier molecular flexibility index (Phi) is 4.83. The molecule has 0 saturated heterocycles. The molecule has 0 heterocycles. The zero-order chi connectivity index (χ0) is 18.9. The summed E-state index contributed by atoms with van der Waals surface area (Å²) in [7, 11) is 1.69. The van der Waals surface area contributed by atoms with Crippen LogP contribution in [0, 0.1) is 11.3 Å². The number of esters is 1. The first-order valence-corrected chi connectivity index (χ1v) is 9.20. The topological polar surface area (TPSA) is 35.5 Å². The lowest BCUT2D eigenvalue weighted by molar-refractivity contribution is -0.131. The van der Waals surface area contributed by atoms with E-state index >= 15 is 0 Å². The molecule has 0 spiro atoms. The van der Waals surface area contributed by atoms with E-state index in [9.17, 15) is 4.79 Å². The van der Waals surface area contributed by atoms with Gasteiger partial charge in [0.2, 0.25) is 0 Å². The fourth-order valence-electron chi connectivity index (χ4n) is 4.82. The van der Waals surface area contributed by atoms with Gasteiger partial charge in [0.25, 0.3) is 0 Å². The molecule has 3 nitrogen and oxygen atoms in total. The van der Waals surface area contributed by atoms with Gasteiger partial charge in [0.05, 0.1) is 7.11 Å². The van der Waals surface area contributed by atoms with Crippen molar-refractivity contribution in [3.8, 4) is 11.5 Å². The van der Waals surface area contributed by atoms with Gasteiger partial charge in [-0.1, -0.05) is 45.0 Å². The van der Waals surface area contributed by atoms with Crippen molar-refractivity contribution in [3.05, 3.63) is 59.7 Å². The molecule has 2 aromatic rings. The molecule has 138 valence electrons. The van der Waals surface area contributed by atoms with E-state index in [0.29, 0.717) is 11.7 Å². The molecule has 3 heteroatoms. The number of hydrogen-bond acceptors (Lipinski definition) is 3. The molecule has 3 rings (SSSR count). The Balaban J connectivity index is 2.08. The predicted octanol–water partition coefficient (Wildman–Crippen LogP) is 5.36. The zero-order valence-electron chi connectivity index (χ0n) is 16.3. The van der Waals surface area contributed by atoms with Crippen molar-refractivity contribution in [1.29, 1.82) is 0 Å². The van der Waals surface area contributed by atoms with Crippen molar-refractivity contribution in [3.63, 3.8) is 0 Å². The van der Waals surface area contributed by atoms with Crippen LogP contribution in [0.1, 0.15) is 51.7 Å². The number of benzene rings is 2. The third-order valence-electron chi connectivity index (χ3n) is 5.69. The highest BCUT2D eigenvalue weighted by atomic mass is 16.5. The Morgan fingerprint density at radius 1 is 0.962 bits per heavy atom. The van der Waals surface area contributed by atoms with E-state index < -0.39 is 0 Å². The Hall–Kier alpha value is -2.29. The van der Waals surface area contributed by atoms with Gasteiger partial charge < -0.3 is 9.47 Å². The monoisotopic (exact) mass is 352 g/mol. The molecule has 0 N–H and O–H groups in total. The average Bonchev–Trinajstić information content (AvgIpc) is 2.85. The fourth-order valence-corrected chi connectivity index (χ4v) is 4.82. The summed E-state index contributed by atoms with van der Waals surface area (Å²) in [6, 6.07) is 16.5. The molecule has 0 aromatic heterocycles. The SMILES string of the molecule is COc1ccc(C2(c3ccc(OC(C)=O)cc3)CC(C)(C)CC2C)cc1. The van der Waals surface area contributed by atoms with Gasteiger partial charge in [-0.25, -0.2) is 0 Å². The third-order valence-corrected chi connectivity index (χ3v) is 5.69. The van der Waals surface area contributed by atoms with E-state index in [1.54, 1.807) is 7.11 Å². The van der Waals surface area contributed by atoms with Crippen LogP contribution in [-0.2, 0) is 10.2 Å². The molecule has 1 saturated carbocycles. The standard InChI is InChI=1S/C23H28O3/c1-16-14-22(3,4)15-23(16,18-6-10-20(25-5)11-7-18)19-8-12-21(13-9-19)26-17(2)24/h6-13,16H,14-15H2,1-5H3. The summed E-state index contributed by atoms with van der Waals surface area (Å²) in [4.78, 5) is 11.2.